The first-order valence-corrected chi connectivity index (χ1v) is 26.0. The minimum atomic E-state index is -5.12. The Morgan fingerprint density at radius 1 is 0.487 bits per heavy atom. The number of rotatable bonds is 8. The molecule has 0 radical (unpaired) electrons. The molecule has 0 aliphatic heterocycles. The van der Waals surface area contributed by atoms with E-state index in [1.165, 1.54) is 48.5 Å². The van der Waals surface area contributed by atoms with Crippen molar-refractivity contribution in [3.05, 3.63) is 60.7 Å². The van der Waals surface area contributed by atoms with Gasteiger partial charge in [-0.2, -0.15) is 0 Å². The molecule has 2 aromatic rings. The Morgan fingerprint density at radius 3 is 0.872 bits per heavy atom. The predicted molar refractivity (Wildman–Crippen MR) is 98.4 cm³/mol. The molecular formula is C14H14O18P4U3. The molecule has 2 rings (SSSR count). The van der Waals surface area contributed by atoms with Gasteiger partial charge in [-0.05, 0) is 24.3 Å². The van der Waals surface area contributed by atoms with Crippen molar-refractivity contribution in [2.45, 2.75) is 0 Å². The molecule has 0 aromatic heterocycles. The van der Waals surface area contributed by atoms with Crippen LogP contribution in [-0.4, -0.2) is 11.8 Å². The van der Waals surface area contributed by atoms with Crippen molar-refractivity contribution in [2.24, 2.45) is 0 Å². The Morgan fingerprint density at radius 2 is 0.692 bits per heavy atom. The summed E-state index contributed by atoms with van der Waals surface area (Å²) in [5.41, 5.74) is 0. The van der Waals surface area contributed by atoms with Crippen LogP contribution in [0.1, 0.15) is 0 Å². The third-order valence-corrected chi connectivity index (χ3v) is 9.19. The fraction of sp³-hybridized carbons (Fsp3) is 0.143. The Kier molecular flexibility index (Phi) is 27.3. The van der Waals surface area contributed by atoms with E-state index in [0.717, 1.165) is 0 Å². The van der Waals surface area contributed by atoms with Gasteiger partial charge in [-0.25, -0.2) is 0 Å². The van der Waals surface area contributed by atoms with Gasteiger partial charge in [0.05, 0.1) is 11.8 Å². The van der Waals surface area contributed by atoms with E-state index in [-0.39, 0.29) is 11.5 Å². The Bertz CT molecular complexity index is 1150. The summed E-state index contributed by atoms with van der Waals surface area (Å²) in [6.07, 6.45) is 0. The molecule has 0 bridgehead atoms. The van der Waals surface area contributed by atoms with Gasteiger partial charge in [0, 0.05) is 0 Å². The molecule has 0 spiro atoms. The second kappa shape index (κ2) is 24.2. The van der Waals surface area contributed by atoms with Crippen LogP contribution in [0, 0.1) is 83.5 Å². The second-order valence-corrected chi connectivity index (χ2v) is 15.4. The van der Waals surface area contributed by atoms with E-state index < -0.39 is 126 Å². The van der Waals surface area contributed by atoms with Crippen LogP contribution in [0.3, 0.4) is 0 Å². The number of hydrogen-bond acceptors (Lipinski definition) is 18. The molecule has 18 nitrogen and oxygen atoms in total. The van der Waals surface area contributed by atoms with Crippen LogP contribution in [0.2, 0.25) is 0 Å². The fourth-order valence-electron chi connectivity index (χ4n) is 1.77. The average molecular weight is 1310 g/mol. The molecule has 210 valence electrons. The van der Waals surface area contributed by atoms with Crippen LogP contribution in [0.4, 0.5) is 0 Å². The van der Waals surface area contributed by atoms with Crippen molar-refractivity contribution < 1.29 is 154 Å². The summed E-state index contributed by atoms with van der Waals surface area (Å²) in [4.78, 5) is 63.1. The molecule has 39 heavy (non-hydrogen) atoms. The first-order chi connectivity index (χ1) is 17.8. The molecule has 0 N–H and O–H groups in total. The summed E-state index contributed by atoms with van der Waals surface area (Å²) < 4.78 is 103. The minimum absolute atomic E-state index is 0.0238. The van der Waals surface area contributed by atoms with E-state index in [1.807, 2.05) is 0 Å². The SMILES string of the molecule is O=P([O-])([O-])CP(=O)([O-])Oc1ccccc1.O=P([O-])([O-])CP(=O)([O-])Oc1ccccc1.[O]=[U+2]=[O].[O]=[U+2]=[O].[O]=[U+2]=[O]. The van der Waals surface area contributed by atoms with Gasteiger partial charge in [-0.15, -0.1) is 0 Å². The fourth-order valence-corrected chi connectivity index (χ4v) is 6.51. The van der Waals surface area contributed by atoms with Gasteiger partial charge >= 0.3 is 96.9 Å². The van der Waals surface area contributed by atoms with Crippen LogP contribution in [0.25, 0.3) is 0 Å². The van der Waals surface area contributed by atoms with E-state index in [4.69, 9.17) is 13.4 Å². The van der Waals surface area contributed by atoms with Crippen LogP contribution in [-0.2, 0) is 31.7 Å². The maximum absolute atomic E-state index is 11.0. The van der Waals surface area contributed by atoms with Crippen molar-refractivity contribution in [1.82, 2.24) is 0 Å². The molecule has 25 heteroatoms. The first kappa shape index (κ1) is 44.1. The number of para-hydroxylation sites is 2. The first-order valence-electron chi connectivity index (χ1n) is 8.91. The van der Waals surface area contributed by atoms with E-state index in [9.17, 15) is 47.6 Å². The van der Waals surface area contributed by atoms with Gasteiger partial charge in [0.15, 0.2) is 15.2 Å². The quantitative estimate of drug-likeness (QED) is 0.265. The molecule has 0 saturated heterocycles. The molecule has 0 amide bonds. The molecule has 0 saturated carbocycles. The Balaban J connectivity index is -0.000000510. The van der Waals surface area contributed by atoms with E-state index in [0.29, 0.717) is 0 Å². The zero-order valence-electron chi connectivity index (χ0n) is 18.8. The van der Waals surface area contributed by atoms with E-state index in [2.05, 4.69) is 9.05 Å². The molecular weight excluding hydrogens is 1290 g/mol. The van der Waals surface area contributed by atoms with E-state index in [1.54, 1.807) is 12.1 Å². The molecule has 2 aromatic carbocycles. The van der Waals surface area contributed by atoms with Gasteiger partial charge in [0.2, 0.25) is 0 Å². The normalized spacial score (nSPS) is 12.7. The zero-order valence-corrected chi connectivity index (χ0v) is 34.9. The molecule has 2 atom stereocenters. The predicted octanol–water partition coefficient (Wildman–Crippen LogP) is -1.73. The average Bonchev–Trinajstić information content (AvgIpc) is 2.73. The van der Waals surface area contributed by atoms with Crippen LogP contribution >= 0.6 is 30.4 Å². The summed E-state index contributed by atoms with van der Waals surface area (Å²) in [5, 5.41) is 0. The van der Waals surface area contributed by atoms with Crippen LogP contribution < -0.4 is 38.4 Å². The zero-order chi connectivity index (χ0) is 31.2. The molecule has 0 aliphatic carbocycles. The summed E-state index contributed by atoms with van der Waals surface area (Å²) in [6.45, 7) is 0. The standard InChI is InChI=1S/2C7H10O6P2.6O.3U/c2*8-14(9,10)6-15(11,12)13-7-4-2-1-3-5-7;;;;;;;;;/h2*1-5H,6H2,(H,11,12)(H2,8,9,10);;;;;;;;;/q;;;;;;;;3*+2/p-6. The summed E-state index contributed by atoms with van der Waals surface area (Å²) >= 11 is -7.52. The summed E-state index contributed by atoms with van der Waals surface area (Å²) in [7, 11) is -19.6. The summed E-state index contributed by atoms with van der Waals surface area (Å²) in [5.74, 6) is -3.09. The van der Waals surface area contributed by atoms with Gasteiger partial charge < -0.3 is 47.5 Å². The molecule has 0 heterocycles. The topological polar surface area (TPSA) is 328 Å². The van der Waals surface area contributed by atoms with Crippen LogP contribution in [0.5, 0.6) is 11.5 Å². The molecule has 0 fully saturated rings. The van der Waals surface area contributed by atoms with Crippen molar-refractivity contribution in [3.8, 4) is 11.5 Å². The van der Waals surface area contributed by atoms with Gasteiger partial charge in [-0.1, -0.05) is 51.6 Å². The van der Waals surface area contributed by atoms with Gasteiger partial charge in [0.1, 0.15) is 11.5 Å². The maximum atomic E-state index is 11.0. The third-order valence-electron chi connectivity index (χ3n) is 2.67. The number of benzene rings is 2. The van der Waals surface area contributed by atoms with E-state index >= 15 is 0 Å². The van der Waals surface area contributed by atoms with Crippen molar-refractivity contribution in [3.63, 3.8) is 0 Å². The molecule has 2 unspecified atom stereocenters. The monoisotopic (exact) mass is 1310 g/mol. The van der Waals surface area contributed by atoms with Gasteiger partial charge in [0.25, 0.3) is 0 Å². The van der Waals surface area contributed by atoms with Crippen molar-refractivity contribution in [2.75, 3.05) is 11.8 Å². The Hall–Kier alpha value is 0.676. The van der Waals surface area contributed by atoms with Crippen molar-refractivity contribution in [1.29, 1.82) is 0 Å². The Labute approximate surface area is 264 Å². The second-order valence-electron chi connectivity index (χ2n) is 5.79. The van der Waals surface area contributed by atoms with Gasteiger partial charge in [-0.3, -0.25) is 9.13 Å². The third kappa shape index (κ3) is 34.8. The summed E-state index contributed by atoms with van der Waals surface area (Å²) in [6, 6.07) is 14.7. The van der Waals surface area contributed by atoms with Crippen molar-refractivity contribution >= 4 is 30.4 Å². The molecule has 0 aliphatic rings. The number of hydrogen-bond donors (Lipinski definition) is 0. The van der Waals surface area contributed by atoms with Crippen LogP contribution in [0.15, 0.2) is 60.7 Å².